The largest absolute Gasteiger partial charge is 0.388 e. The van der Waals surface area contributed by atoms with Crippen molar-refractivity contribution in [2.45, 2.75) is 277 Å². The molecule has 0 saturated heterocycles. The average molecular weight is 2040 g/mol. The monoisotopic (exact) mass is 2030 g/mol. The molecule has 13 rings (SSSR count). The van der Waals surface area contributed by atoms with E-state index in [1.807, 2.05) is 660 Å². The second-order valence-electron chi connectivity index (χ2n) is 22.8. The molecule has 0 N–H and O–H groups in total. The fraction of sp³-hybridized carbons (Fsp3) is 0.370. The maximum absolute atomic E-state index is 11.8. The third kappa shape index (κ3) is 179. The van der Waals surface area contributed by atoms with Gasteiger partial charge in [0.15, 0.2) is 23.1 Å². The fourth-order valence-corrected chi connectivity index (χ4v) is 7.31. The predicted molar refractivity (Wildman–Crippen MR) is 664 cm³/mol. The van der Waals surface area contributed by atoms with Crippen LogP contribution in [0.15, 0.2) is 425 Å². The number of hydrogen-bond donors (Lipinski definition) is 0. The van der Waals surface area contributed by atoms with Crippen LogP contribution >= 0.6 is 0 Å². The second kappa shape index (κ2) is 203. The third-order valence-electron chi connectivity index (χ3n) is 11.6. The number of benzene rings is 13. The lowest BCUT2D eigenvalue weighted by molar-refractivity contribution is -0.115. The molecule has 0 aliphatic rings. The highest BCUT2D eigenvalue weighted by Crippen LogP contribution is 2.12. The van der Waals surface area contributed by atoms with Crippen molar-refractivity contribution in [3.63, 3.8) is 0 Å². The van der Waals surface area contributed by atoms with Gasteiger partial charge >= 0.3 is 0 Å². The van der Waals surface area contributed by atoms with Crippen LogP contribution < -0.4 is 0 Å². The highest BCUT2D eigenvalue weighted by Gasteiger charge is 2.09. The van der Waals surface area contributed by atoms with Crippen LogP contribution in [0.1, 0.15) is 341 Å². The second-order valence-corrected chi connectivity index (χ2v) is 22.8. The molecular formula is C135H220O12. The minimum atomic E-state index is 0.0752. The molecule has 832 valence electrons. The van der Waals surface area contributed by atoms with Crippen LogP contribution in [0.5, 0.6) is 0 Å². The lowest BCUT2D eigenvalue weighted by Crippen LogP contribution is -1.99. The van der Waals surface area contributed by atoms with Gasteiger partial charge in [-0.25, -0.2) is 0 Å². The molecule has 13 aromatic carbocycles. The molecule has 0 fully saturated rings. The van der Waals surface area contributed by atoms with E-state index in [0.717, 1.165) is 44.5 Å². The van der Waals surface area contributed by atoms with Gasteiger partial charge in [-0.1, -0.05) is 660 Å². The first-order chi connectivity index (χ1) is 71.8. The summed E-state index contributed by atoms with van der Waals surface area (Å²) < 4.78 is 21.2. The van der Waals surface area contributed by atoms with E-state index in [9.17, 15) is 33.6 Å². The minimum absolute atomic E-state index is 0.0752. The summed E-state index contributed by atoms with van der Waals surface area (Å²) in [4.78, 5) is 75.7. The SMILES string of the molecule is CC.CC.CC.CC.CC.CC.CC.CC.CC.CC.CC.CC.CC.CC.CC.CC.CC.CC(C)=O.CC(C)=O.CC(C)=O.COC.COC.COC.COC.COC.O=C(c1ccccc1)c1ccccc1.O=C(c1ccccc1)c1ccccc1.O=C(c1ccccc1)c1ccccc1.O=C(c1ccccc1)c1ccccc1.c1ccccc1.c1ccccc1.c1ccccc1.c1ccccc1.c1ccccc1. The minimum Gasteiger partial charge on any atom is -0.388 e. The van der Waals surface area contributed by atoms with Crippen molar-refractivity contribution in [2.24, 2.45) is 0 Å². The summed E-state index contributed by atoms with van der Waals surface area (Å²) in [6.45, 7) is 77.2. The molecular weight excluding hydrogens is 1810 g/mol. The quantitative estimate of drug-likeness (QED) is 0.132. The maximum Gasteiger partial charge on any atom is 0.193 e. The van der Waals surface area contributed by atoms with Crippen molar-refractivity contribution in [1.29, 1.82) is 0 Å². The summed E-state index contributed by atoms with van der Waals surface area (Å²) in [5.41, 5.74) is 5.88. The Balaban J connectivity index is -0.0000000606. The van der Waals surface area contributed by atoms with E-state index < -0.39 is 0 Å². The Morgan fingerprint density at radius 2 is 0.143 bits per heavy atom. The topological polar surface area (TPSA) is 166 Å². The molecule has 0 saturated carbocycles. The average Bonchev–Trinajstić information content (AvgIpc) is 0.886. The van der Waals surface area contributed by atoms with Gasteiger partial charge in [0.2, 0.25) is 0 Å². The number of rotatable bonds is 8. The molecule has 0 spiro atoms. The molecule has 0 bridgehead atoms. The molecule has 13 aromatic rings. The number of Topliss-reactive ketones (excluding diaryl/α,β-unsaturated/α-hetero) is 3. The Morgan fingerprint density at radius 3 is 0.184 bits per heavy atom. The van der Waals surface area contributed by atoms with Crippen LogP contribution in [0.3, 0.4) is 0 Å². The van der Waals surface area contributed by atoms with Gasteiger partial charge in [-0.05, 0) is 41.5 Å². The Bertz CT molecular complexity index is 3260. The number of ketones is 7. The van der Waals surface area contributed by atoms with Gasteiger partial charge in [-0.2, -0.15) is 0 Å². The molecule has 0 aliphatic heterocycles. The summed E-state index contributed by atoms with van der Waals surface area (Å²) in [6.07, 6.45) is 0. The Kier molecular flexibility index (Phi) is 256. The molecule has 0 unspecified atom stereocenters. The van der Waals surface area contributed by atoms with Crippen LogP contribution in [0.4, 0.5) is 0 Å². The highest BCUT2D eigenvalue weighted by molar-refractivity contribution is 6.10. The molecule has 0 aromatic heterocycles. The van der Waals surface area contributed by atoms with Crippen molar-refractivity contribution in [3.8, 4) is 0 Å². The fourth-order valence-electron chi connectivity index (χ4n) is 7.31. The van der Waals surface area contributed by atoms with Crippen LogP contribution in [0.2, 0.25) is 0 Å². The van der Waals surface area contributed by atoms with E-state index in [1.165, 1.54) is 41.5 Å². The standard InChI is InChI=1S/4C13H10O.5C6H6.3C3H6O.5C2H6O.17C2H6/c4*14-13(11-7-3-1-4-8-11)12-9-5-2-6-10-12;5*1-2-4-6-5-3-1;3*1-3(2)4;5*1-3-2;17*1-2/h4*1-10H;5*1-6H;3*1-2H3;5*1-2H3;17*1-2H3. The summed E-state index contributed by atoms with van der Waals surface area (Å²) >= 11 is 0. The van der Waals surface area contributed by atoms with E-state index in [-0.39, 0.29) is 40.5 Å². The van der Waals surface area contributed by atoms with Crippen LogP contribution in [0, 0.1) is 0 Å². The number of carbonyl (C=O) groups excluding carboxylic acids is 7. The van der Waals surface area contributed by atoms with Crippen LogP contribution in [0.25, 0.3) is 0 Å². The van der Waals surface area contributed by atoms with Gasteiger partial charge in [0, 0.05) is 116 Å². The smallest absolute Gasteiger partial charge is 0.193 e. The van der Waals surface area contributed by atoms with Gasteiger partial charge in [0.25, 0.3) is 0 Å². The molecule has 0 aliphatic carbocycles. The molecule has 147 heavy (non-hydrogen) atoms. The number of carbonyl (C=O) groups is 7. The van der Waals surface area contributed by atoms with Gasteiger partial charge in [0.05, 0.1) is 0 Å². The van der Waals surface area contributed by atoms with Crippen molar-refractivity contribution in [2.75, 3.05) is 71.1 Å². The van der Waals surface area contributed by atoms with E-state index in [2.05, 4.69) is 23.7 Å². The molecule has 0 radical (unpaired) electrons. The number of ether oxygens (including phenoxy) is 5. The molecule has 12 nitrogen and oxygen atoms in total. The first kappa shape index (κ1) is 186. The molecule has 12 heteroatoms. The van der Waals surface area contributed by atoms with Crippen molar-refractivity contribution < 1.29 is 57.2 Å². The third-order valence-corrected chi connectivity index (χ3v) is 11.6. The summed E-state index contributed by atoms with van der Waals surface area (Å²) in [5.74, 6) is 0.801. The number of methoxy groups -OCH3 is 5. The summed E-state index contributed by atoms with van der Waals surface area (Å²) in [6, 6.07) is 134. The zero-order valence-corrected chi connectivity index (χ0v) is 103. The van der Waals surface area contributed by atoms with E-state index in [1.54, 1.807) is 71.1 Å². The lowest BCUT2D eigenvalue weighted by Gasteiger charge is -1.99. The summed E-state index contributed by atoms with van der Waals surface area (Å²) in [7, 11) is 16.2. The van der Waals surface area contributed by atoms with Crippen molar-refractivity contribution in [1.82, 2.24) is 0 Å². The van der Waals surface area contributed by atoms with E-state index in [0.29, 0.717) is 0 Å². The first-order valence-electron chi connectivity index (χ1n) is 52.8. The van der Waals surface area contributed by atoms with Gasteiger partial charge in [-0.3, -0.25) is 19.2 Å². The molecule has 0 amide bonds. The maximum atomic E-state index is 11.8. The first-order valence-corrected chi connectivity index (χ1v) is 52.8. The zero-order chi connectivity index (χ0) is 119. The van der Waals surface area contributed by atoms with E-state index in [4.69, 9.17) is 0 Å². The van der Waals surface area contributed by atoms with Crippen molar-refractivity contribution >= 4 is 40.5 Å². The lowest BCUT2D eigenvalue weighted by atomic mass is 10.0. The zero-order valence-electron chi connectivity index (χ0n) is 103. The highest BCUT2D eigenvalue weighted by atomic mass is 16.5. The van der Waals surface area contributed by atoms with Gasteiger partial charge in [0.1, 0.15) is 17.3 Å². The van der Waals surface area contributed by atoms with E-state index >= 15 is 0 Å². The van der Waals surface area contributed by atoms with Crippen molar-refractivity contribution in [3.05, 3.63) is 469 Å². The predicted octanol–water partition coefficient (Wildman–Crippen LogP) is 40.6. The van der Waals surface area contributed by atoms with Gasteiger partial charge < -0.3 is 38.1 Å². The summed E-state index contributed by atoms with van der Waals surface area (Å²) in [5, 5.41) is 0. The Labute approximate surface area is 909 Å². The van der Waals surface area contributed by atoms with Crippen LogP contribution in [-0.4, -0.2) is 112 Å². The normalized spacial score (nSPS) is 7.17. The molecule has 0 atom stereocenters. The Morgan fingerprint density at radius 1 is 0.109 bits per heavy atom. The van der Waals surface area contributed by atoms with Gasteiger partial charge in [-0.15, -0.1) is 0 Å². The number of hydrogen-bond acceptors (Lipinski definition) is 12. The Hall–Kier alpha value is -12.7. The molecule has 0 heterocycles. The van der Waals surface area contributed by atoms with Crippen LogP contribution in [-0.2, 0) is 38.1 Å².